The van der Waals surface area contributed by atoms with E-state index in [4.69, 9.17) is 0 Å². The molecule has 0 heterocycles. The molecule has 0 saturated heterocycles. The van der Waals surface area contributed by atoms with Gasteiger partial charge in [-0.3, -0.25) is 0 Å². The summed E-state index contributed by atoms with van der Waals surface area (Å²) in [6.07, 6.45) is 5.09. The maximum Gasteiger partial charge on any atom is -1.00 e. The third kappa shape index (κ3) is 5.50. The van der Waals surface area contributed by atoms with Crippen molar-refractivity contribution in [3.63, 3.8) is 0 Å². The second-order valence-electron chi connectivity index (χ2n) is 11.0. The molecule has 0 aromatic heterocycles. The molecule has 0 saturated carbocycles. The van der Waals surface area contributed by atoms with Crippen LogP contribution in [0.5, 0.6) is 0 Å². The van der Waals surface area contributed by atoms with Crippen LogP contribution in [0.2, 0.25) is 0 Å². The average molecular weight is 585 g/mol. The van der Waals surface area contributed by atoms with E-state index in [1.807, 2.05) is 0 Å². The minimum absolute atomic E-state index is 0. The van der Waals surface area contributed by atoms with Gasteiger partial charge >= 0.3 is 232 Å². The van der Waals surface area contributed by atoms with E-state index in [1.54, 1.807) is 22.3 Å². The number of halogens is 2. The van der Waals surface area contributed by atoms with Gasteiger partial charge in [0.1, 0.15) is 0 Å². The zero-order valence-corrected chi connectivity index (χ0v) is 26.0. The first-order valence-electron chi connectivity index (χ1n) is 13.6. The van der Waals surface area contributed by atoms with Gasteiger partial charge in [0.15, 0.2) is 0 Å². The number of fused-ring (bicyclic) bond motifs is 2. The van der Waals surface area contributed by atoms with E-state index in [1.165, 1.54) is 33.4 Å². The van der Waals surface area contributed by atoms with E-state index < -0.39 is 19.2 Å². The van der Waals surface area contributed by atoms with Crippen molar-refractivity contribution < 1.29 is 44.0 Å². The average Bonchev–Trinajstić information content (AvgIpc) is 3.49. The zero-order chi connectivity index (χ0) is 25.5. The summed E-state index contributed by atoms with van der Waals surface area (Å²) in [7, 11) is 0. The summed E-state index contributed by atoms with van der Waals surface area (Å²) >= 11 is -0.393. The molecule has 2 unspecified atom stereocenters. The summed E-state index contributed by atoms with van der Waals surface area (Å²) in [6.45, 7) is 9.53. The van der Waals surface area contributed by atoms with Crippen LogP contribution in [0.15, 0.2) is 108 Å². The molecule has 2 atom stereocenters. The Kier molecular flexibility index (Phi) is 9.46. The second-order valence-corrected chi connectivity index (χ2v) is 13.3. The Balaban J connectivity index is 0.00000176. The van der Waals surface area contributed by atoms with Crippen LogP contribution < -0.4 is 24.8 Å². The standard InChI is InChI=1S/2C18H17.2ClH.Ti/c2*1-13(2)16-11-15-9-6-10-17(18(15)12-16)14-7-4-3-5-8-14;;;/h2*3-13H,1-2H3;2*1H;/q;;;;+2/p-2. The Morgan fingerprint density at radius 1 is 0.487 bits per heavy atom. The molecule has 2 aliphatic rings. The molecule has 6 rings (SSSR count). The van der Waals surface area contributed by atoms with E-state index in [2.05, 4.69) is 137 Å². The summed E-state index contributed by atoms with van der Waals surface area (Å²) in [6, 6.07) is 35.8. The molecular formula is C36H34Cl2Ti. The molecule has 4 aromatic rings. The van der Waals surface area contributed by atoms with Gasteiger partial charge < -0.3 is 24.8 Å². The van der Waals surface area contributed by atoms with Crippen LogP contribution in [0.25, 0.3) is 34.4 Å². The second kappa shape index (κ2) is 12.4. The van der Waals surface area contributed by atoms with Crippen LogP contribution in [0.1, 0.15) is 58.4 Å². The number of hydrogen-bond acceptors (Lipinski definition) is 0. The van der Waals surface area contributed by atoms with Gasteiger partial charge in [-0.05, 0) is 0 Å². The number of benzene rings is 4. The molecule has 39 heavy (non-hydrogen) atoms. The van der Waals surface area contributed by atoms with Gasteiger partial charge in [0.25, 0.3) is 0 Å². The fourth-order valence-electron chi connectivity index (χ4n) is 6.13. The zero-order valence-electron chi connectivity index (χ0n) is 23.0. The molecule has 0 fully saturated rings. The van der Waals surface area contributed by atoms with Crippen LogP contribution >= 0.6 is 0 Å². The van der Waals surface area contributed by atoms with E-state index >= 15 is 0 Å². The molecule has 4 aromatic carbocycles. The van der Waals surface area contributed by atoms with Crippen molar-refractivity contribution in [3.8, 4) is 22.3 Å². The van der Waals surface area contributed by atoms with Crippen molar-refractivity contribution in [2.75, 3.05) is 0 Å². The Morgan fingerprint density at radius 3 is 1.23 bits per heavy atom. The van der Waals surface area contributed by atoms with Gasteiger partial charge in [-0.1, -0.05) is 0 Å². The molecule has 0 spiro atoms. The first kappa shape index (κ1) is 29.6. The Hall–Kier alpha value is -2.35. The fraction of sp³-hybridized carbons (Fsp3) is 0.222. The van der Waals surface area contributed by atoms with Crippen molar-refractivity contribution in [1.29, 1.82) is 0 Å². The minimum Gasteiger partial charge on any atom is -1.00 e. The number of rotatable bonds is 6. The van der Waals surface area contributed by atoms with Crippen LogP contribution in [0.3, 0.4) is 0 Å². The van der Waals surface area contributed by atoms with Crippen molar-refractivity contribution >= 4 is 12.2 Å². The molecule has 196 valence electrons. The van der Waals surface area contributed by atoms with Crippen molar-refractivity contribution in [3.05, 3.63) is 130 Å². The largest absolute Gasteiger partial charge is 1.00 e. The van der Waals surface area contributed by atoms with Gasteiger partial charge in [0.05, 0.1) is 0 Å². The summed E-state index contributed by atoms with van der Waals surface area (Å²) < 4.78 is 1.13. The third-order valence-electron chi connectivity index (χ3n) is 8.03. The summed E-state index contributed by atoms with van der Waals surface area (Å²) in [5.74, 6) is 1.10. The van der Waals surface area contributed by atoms with Gasteiger partial charge in [0.2, 0.25) is 0 Å². The van der Waals surface area contributed by atoms with Crippen LogP contribution in [-0.2, 0) is 19.2 Å². The predicted octanol–water partition coefficient (Wildman–Crippen LogP) is 4.00. The molecule has 0 amide bonds. The van der Waals surface area contributed by atoms with Crippen molar-refractivity contribution in [2.45, 2.75) is 36.1 Å². The maximum atomic E-state index is 2.55. The van der Waals surface area contributed by atoms with E-state index in [-0.39, 0.29) is 24.8 Å². The number of hydrogen-bond donors (Lipinski definition) is 0. The molecule has 0 N–H and O–H groups in total. The summed E-state index contributed by atoms with van der Waals surface area (Å²) in [5, 5.41) is 0. The van der Waals surface area contributed by atoms with Crippen LogP contribution in [0, 0.1) is 11.8 Å². The fourth-order valence-corrected chi connectivity index (χ4v) is 9.90. The Labute approximate surface area is 255 Å². The smallest absolute Gasteiger partial charge is 1.00 e. The topological polar surface area (TPSA) is 0 Å². The molecule has 2 aliphatic carbocycles. The maximum absolute atomic E-state index is 2.55. The van der Waals surface area contributed by atoms with Crippen LogP contribution in [-0.4, -0.2) is 0 Å². The minimum atomic E-state index is -0.393. The quantitative estimate of drug-likeness (QED) is 0.301. The molecule has 0 radical (unpaired) electrons. The van der Waals surface area contributed by atoms with Gasteiger partial charge in [-0.25, -0.2) is 0 Å². The third-order valence-corrected chi connectivity index (χ3v) is 11.1. The molecular weight excluding hydrogens is 551 g/mol. The predicted molar refractivity (Wildman–Crippen MR) is 155 cm³/mol. The first-order valence-corrected chi connectivity index (χ1v) is 15.4. The Morgan fingerprint density at radius 2 is 0.872 bits per heavy atom. The van der Waals surface area contributed by atoms with Gasteiger partial charge in [-0.15, -0.1) is 0 Å². The summed E-state index contributed by atoms with van der Waals surface area (Å²) in [4.78, 5) is 0. The van der Waals surface area contributed by atoms with Crippen LogP contribution in [0.4, 0.5) is 0 Å². The molecule has 0 bridgehead atoms. The van der Waals surface area contributed by atoms with E-state index in [9.17, 15) is 0 Å². The first-order chi connectivity index (χ1) is 18.0. The number of allylic oxidation sites excluding steroid dienone is 2. The van der Waals surface area contributed by atoms with Gasteiger partial charge in [0, 0.05) is 0 Å². The van der Waals surface area contributed by atoms with Gasteiger partial charge in [-0.2, -0.15) is 0 Å². The molecule has 0 nitrogen and oxygen atoms in total. The van der Waals surface area contributed by atoms with E-state index in [0.29, 0.717) is 20.3 Å². The molecule has 3 heteroatoms. The molecule has 0 aliphatic heterocycles. The monoisotopic (exact) mass is 584 g/mol. The SMILES string of the molecule is CC(C)C1=Cc2c(-c3ccccc3)cccc2[CH]1[Ti+2][CH]1C(C(C)C)=Cc2c(-c3ccccc3)cccc21.[Cl-].[Cl-]. The van der Waals surface area contributed by atoms with E-state index in [0.717, 1.165) is 0 Å². The normalized spacial score (nSPS) is 17.0. The summed E-state index contributed by atoms with van der Waals surface area (Å²) in [5.41, 5.74) is 14.7. The Bertz CT molecular complexity index is 1390. The van der Waals surface area contributed by atoms with Crippen molar-refractivity contribution in [1.82, 2.24) is 0 Å². The van der Waals surface area contributed by atoms with Crippen molar-refractivity contribution in [2.24, 2.45) is 11.8 Å².